The summed E-state index contributed by atoms with van der Waals surface area (Å²) in [4.78, 5) is 16.3. The molecular weight excluding hydrogens is 296 g/mol. The van der Waals surface area contributed by atoms with Gasteiger partial charge in [0, 0.05) is 17.0 Å². The van der Waals surface area contributed by atoms with Crippen LogP contribution in [0.5, 0.6) is 0 Å². The molecule has 2 heterocycles. The van der Waals surface area contributed by atoms with Crippen molar-refractivity contribution in [2.45, 2.75) is 6.92 Å². The number of rotatable bonds is 4. The number of aryl methyl sites for hydroxylation is 1. The van der Waals surface area contributed by atoms with Gasteiger partial charge in [0.15, 0.2) is 5.13 Å². The molecule has 22 heavy (non-hydrogen) atoms. The van der Waals surface area contributed by atoms with Gasteiger partial charge in [-0.3, -0.25) is 10.1 Å². The van der Waals surface area contributed by atoms with Crippen molar-refractivity contribution in [1.29, 1.82) is 0 Å². The van der Waals surface area contributed by atoms with Crippen molar-refractivity contribution in [2.24, 2.45) is 0 Å². The lowest BCUT2D eigenvalue weighted by atomic mass is 10.2. The maximum Gasteiger partial charge on any atom is 0.250 e. The Bertz CT molecular complexity index is 803. The van der Waals surface area contributed by atoms with Crippen LogP contribution in [0.4, 0.5) is 5.13 Å². The largest absolute Gasteiger partial charge is 0.462 e. The Morgan fingerprint density at radius 1 is 1.23 bits per heavy atom. The molecule has 0 aliphatic rings. The number of anilines is 1. The molecule has 1 aromatic carbocycles. The summed E-state index contributed by atoms with van der Waals surface area (Å²) in [6.45, 7) is 1.86. The Balaban J connectivity index is 1.65. The third kappa shape index (κ3) is 3.51. The predicted octanol–water partition coefficient (Wildman–Crippen LogP) is 4.36. The van der Waals surface area contributed by atoms with Crippen molar-refractivity contribution < 1.29 is 9.21 Å². The van der Waals surface area contributed by atoms with Crippen LogP contribution in [0.15, 0.2) is 58.3 Å². The molecule has 4 nitrogen and oxygen atoms in total. The summed E-state index contributed by atoms with van der Waals surface area (Å²) < 4.78 is 5.37. The lowest BCUT2D eigenvalue weighted by Crippen LogP contribution is -2.07. The molecule has 0 aliphatic heterocycles. The predicted molar refractivity (Wildman–Crippen MR) is 88.7 cm³/mol. The first kappa shape index (κ1) is 14.3. The first-order valence-corrected chi connectivity index (χ1v) is 7.65. The van der Waals surface area contributed by atoms with Gasteiger partial charge in [-0.05, 0) is 25.1 Å². The summed E-state index contributed by atoms with van der Waals surface area (Å²) in [6, 6.07) is 13.5. The van der Waals surface area contributed by atoms with Gasteiger partial charge in [-0.1, -0.05) is 30.3 Å². The van der Waals surface area contributed by atoms with E-state index >= 15 is 0 Å². The summed E-state index contributed by atoms with van der Waals surface area (Å²) in [6.07, 6.45) is 3.07. The molecule has 110 valence electrons. The number of nitrogens with one attached hydrogen (secondary N) is 1. The molecule has 1 N–H and O–H groups in total. The van der Waals surface area contributed by atoms with Crippen LogP contribution in [0.1, 0.15) is 11.5 Å². The Morgan fingerprint density at radius 3 is 2.77 bits per heavy atom. The van der Waals surface area contributed by atoms with E-state index in [9.17, 15) is 4.79 Å². The van der Waals surface area contributed by atoms with Gasteiger partial charge in [0.1, 0.15) is 11.5 Å². The number of carbonyl (C=O) groups excluding carboxylic acids is 1. The van der Waals surface area contributed by atoms with Crippen LogP contribution in [0.2, 0.25) is 0 Å². The van der Waals surface area contributed by atoms with E-state index in [1.54, 1.807) is 6.08 Å². The lowest BCUT2D eigenvalue weighted by molar-refractivity contribution is -0.111. The summed E-state index contributed by atoms with van der Waals surface area (Å²) in [5, 5.41) is 5.24. The summed E-state index contributed by atoms with van der Waals surface area (Å²) in [5.41, 5.74) is 1.88. The molecule has 0 radical (unpaired) electrons. The summed E-state index contributed by atoms with van der Waals surface area (Å²) >= 11 is 1.40. The van der Waals surface area contributed by atoms with E-state index in [2.05, 4.69) is 10.3 Å². The van der Waals surface area contributed by atoms with Crippen LogP contribution in [0.25, 0.3) is 17.3 Å². The Kier molecular flexibility index (Phi) is 4.16. The molecule has 0 spiro atoms. The second kappa shape index (κ2) is 6.41. The third-order valence-corrected chi connectivity index (χ3v) is 3.72. The monoisotopic (exact) mass is 310 g/mol. The highest BCUT2D eigenvalue weighted by molar-refractivity contribution is 7.14. The number of aromatic nitrogens is 1. The van der Waals surface area contributed by atoms with Gasteiger partial charge in [-0.15, -0.1) is 11.3 Å². The number of carbonyl (C=O) groups is 1. The van der Waals surface area contributed by atoms with Gasteiger partial charge in [-0.25, -0.2) is 4.98 Å². The minimum Gasteiger partial charge on any atom is -0.462 e. The average Bonchev–Trinajstić information content (AvgIpc) is 3.15. The van der Waals surface area contributed by atoms with Crippen molar-refractivity contribution >= 4 is 28.5 Å². The van der Waals surface area contributed by atoms with Crippen molar-refractivity contribution in [3.05, 3.63) is 65.4 Å². The zero-order valence-electron chi connectivity index (χ0n) is 11.9. The molecular formula is C17H14N2O2S. The van der Waals surface area contributed by atoms with E-state index in [1.165, 1.54) is 17.4 Å². The normalized spacial score (nSPS) is 11.0. The van der Waals surface area contributed by atoms with Crippen molar-refractivity contribution in [2.75, 3.05) is 5.32 Å². The zero-order chi connectivity index (χ0) is 15.4. The number of amides is 1. The number of hydrogen-bond acceptors (Lipinski definition) is 4. The molecule has 0 fully saturated rings. The smallest absolute Gasteiger partial charge is 0.250 e. The standard InChI is InChI=1S/C17H14N2O2S/c1-12-7-8-14(21-12)9-10-16(20)19-17-18-15(11-22-17)13-5-3-2-4-6-13/h2-11H,1H3,(H,18,19,20)/b10-9+. The number of nitrogens with zero attached hydrogens (tertiary/aromatic N) is 1. The number of benzene rings is 1. The summed E-state index contributed by atoms with van der Waals surface area (Å²) in [5.74, 6) is 1.23. The quantitative estimate of drug-likeness (QED) is 0.728. The average molecular weight is 310 g/mol. The Hall–Kier alpha value is -2.66. The van der Waals surface area contributed by atoms with E-state index in [0.717, 1.165) is 17.0 Å². The number of hydrogen-bond donors (Lipinski definition) is 1. The highest BCUT2D eigenvalue weighted by atomic mass is 32.1. The fourth-order valence-electron chi connectivity index (χ4n) is 1.92. The SMILES string of the molecule is Cc1ccc(/C=C/C(=O)Nc2nc(-c3ccccc3)cs2)o1. The van der Waals surface area contributed by atoms with Crippen LogP contribution in [0.3, 0.4) is 0 Å². The van der Waals surface area contributed by atoms with Gasteiger partial charge in [-0.2, -0.15) is 0 Å². The van der Waals surface area contributed by atoms with Crippen molar-refractivity contribution in [3.8, 4) is 11.3 Å². The summed E-state index contributed by atoms with van der Waals surface area (Å²) in [7, 11) is 0. The molecule has 0 saturated heterocycles. The van der Waals surface area contributed by atoms with Crippen LogP contribution >= 0.6 is 11.3 Å². The molecule has 0 saturated carbocycles. The molecule has 0 unspecified atom stereocenters. The van der Waals surface area contributed by atoms with Crippen LogP contribution in [-0.4, -0.2) is 10.9 Å². The second-order valence-corrected chi connectivity index (χ2v) is 5.53. The minimum atomic E-state index is -0.233. The number of furan rings is 1. The van der Waals surface area contributed by atoms with Gasteiger partial charge in [0.2, 0.25) is 5.91 Å². The Morgan fingerprint density at radius 2 is 2.05 bits per heavy atom. The maximum atomic E-state index is 11.9. The fraction of sp³-hybridized carbons (Fsp3) is 0.0588. The fourth-order valence-corrected chi connectivity index (χ4v) is 2.64. The molecule has 3 aromatic rings. The van der Waals surface area contributed by atoms with E-state index in [4.69, 9.17) is 4.42 Å². The molecule has 0 atom stereocenters. The van der Waals surface area contributed by atoms with E-state index in [0.29, 0.717) is 10.9 Å². The highest BCUT2D eigenvalue weighted by Gasteiger charge is 2.06. The van der Waals surface area contributed by atoms with E-state index in [-0.39, 0.29) is 5.91 Å². The molecule has 5 heteroatoms. The molecule has 2 aromatic heterocycles. The van der Waals surface area contributed by atoms with Gasteiger partial charge in [0.25, 0.3) is 0 Å². The molecule has 0 aliphatic carbocycles. The maximum absolute atomic E-state index is 11.9. The minimum absolute atomic E-state index is 0.233. The molecule has 3 rings (SSSR count). The molecule has 1 amide bonds. The second-order valence-electron chi connectivity index (χ2n) is 4.67. The van der Waals surface area contributed by atoms with Crippen molar-refractivity contribution in [1.82, 2.24) is 4.98 Å². The van der Waals surface area contributed by atoms with Gasteiger partial charge in [0.05, 0.1) is 5.69 Å². The number of thiazole rings is 1. The zero-order valence-corrected chi connectivity index (χ0v) is 12.8. The van der Waals surface area contributed by atoms with Crippen LogP contribution < -0.4 is 5.32 Å². The van der Waals surface area contributed by atoms with E-state index < -0.39 is 0 Å². The highest BCUT2D eigenvalue weighted by Crippen LogP contribution is 2.24. The first-order valence-electron chi connectivity index (χ1n) is 6.77. The van der Waals surface area contributed by atoms with Crippen LogP contribution in [0, 0.1) is 6.92 Å². The van der Waals surface area contributed by atoms with Crippen molar-refractivity contribution in [3.63, 3.8) is 0 Å². The van der Waals surface area contributed by atoms with Gasteiger partial charge < -0.3 is 4.42 Å². The van der Waals surface area contributed by atoms with E-state index in [1.807, 2.05) is 54.8 Å². The van der Waals surface area contributed by atoms with Gasteiger partial charge >= 0.3 is 0 Å². The first-order chi connectivity index (χ1) is 10.7. The topological polar surface area (TPSA) is 55.1 Å². The lowest BCUT2D eigenvalue weighted by Gasteiger charge is -1.96. The van der Waals surface area contributed by atoms with Crippen LogP contribution in [-0.2, 0) is 4.79 Å². The Labute approximate surface area is 132 Å². The third-order valence-electron chi connectivity index (χ3n) is 2.96. The molecule has 0 bridgehead atoms.